The number of rotatable bonds is 6. The molecule has 2 aromatic rings. The minimum absolute atomic E-state index is 0.0816. The van der Waals surface area contributed by atoms with Gasteiger partial charge in [-0.15, -0.1) is 0 Å². The van der Waals surface area contributed by atoms with Crippen LogP contribution in [0.5, 0.6) is 11.5 Å². The van der Waals surface area contributed by atoms with Crippen LogP contribution in [0.25, 0.3) is 0 Å². The zero-order valence-electron chi connectivity index (χ0n) is 15.5. The van der Waals surface area contributed by atoms with Gasteiger partial charge in [-0.2, -0.15) is 13.2 Å². The fourth-order valence-corrected chi connectivity index (χ4v) is 3.05. The van der Waals surface area contributed by atoms with E-state index in [0.29, 0.717) is 25.3 Å². The Morgan fingerprint density at radius 2 is 1.89 bits per heavy atom. The third kappa shape index (κ3) is 5.18. The van der Waals surface area contributed by atoms with Crippen molar-refractivity contribution in [1.29, 1.82) is 0 Å². The van der Waals surface area contributed by atoms with Crippen molar-refractivity contribution in [2.75, 3.05) is 19.7 Å². The van der Waals surface area contributed by atoms with Gasteiger partial charge in [0.25, 0.3) is 5.91 Å². The van der Waals surface area contributed by atoms with Gasteiger partial charge in [-0.3, -0.25) is 4.79 Å². The van der Waals surface area contributed by atoms with Crippen LogP contribution in [-0.4, -0.2) is 36.6 Å². The molecular formula is C21H22F3NO3. The van der Waals surface area contributed by atoms with Crippen LogP contribution in [0, 0.1) is 0 Å². The van der Waals surface area contributed by atoms with Crippen LogP contribution < -0.4 is 9.47 Å². The molecule has 0 spiro atoms. The molecule has 0 aromatic heterocycles. The van der Waals surface area contributed by atoms with Crippen LogP contribution in [0.3, 0.4) is 0 Å². The van der Waals surface area contributed by atoms with Crippen LogP contribution in [0.1, 0.15) is 24.5 Å². The largest absolute Gasteiger partial charge is 0.489 e. The lowest BCUT2D eigenvalue weighted by Crippen LogP contribution is -2.34. The number of amides is 1. The number of ether oxygens (including phenoxy) is 2. The van der Waals surface area contributed by atoms with Crippen molar-refractivity contribution >= 4 is 5.91 Å². The lowest BCUT2D eigenvalue weighted by atomic mass is 10.2. The van der Waals surface area contributed by atoms with Crippen molar-refractivity contribution in [3.63, 3.8) is 0 Å². The molecule has 0 aliphatic carbocycles. The minimum atomic E-state index is -4.41. The van der Waals surface area contributed by atoms with Crippen molar-refractivity contribution in [1.82, 2.24) is 4.90 Å². The Balaban J connectivity index is 1.50. The summed E-state index contributed by atoms with van der Waals surface area (Å²) in [5.74, 6) is 0.609. The third-order valence-corrected chi connectivity index (χ3v) is 4.66. The van der Waals surface area contributed by atoms with Crippen LogP contribution in [0.15, 0.2) is 48.5 Å². The molecule has 0 unspecified atom stereocenters. The van der Waals surface area contributed by atoms with E-state index in [-0.39, 0.29) is 24.4 Å². The van der Waals surface area contributed by atoms with E-state index in [1.807, 2.05) is 24.3 Å². The zero-order chi connectivity index (χ0) is 20.1. The molecule has 3 rings (SSSR count). The van der Waals surface area contributed by atoms with E-state index in [1.165, 1.54) is 17.7 Å². The number of likely N-dealkylation sites (tertiary alicyclic amines) is 1. The van der Waals surface area contributed by atoms with Gasteiger partial charge in [-0.25, -0.2) is 0 Å². The number of alkyl halides is 3. The predicted octanol–water partition coefficient (Wildman–Crippen LogP) is 4.33. The molecule has 0 N–H and O–H groups in total. The van der Waals surface area contributed by atoms with E-state index in [0.717, 1.165) is 18.6 Å². The molecule has 7 heteroatoms. The third-order valence-electron chi connectivity index (χ3n) is 4.66. The van der Waals surface area contributed by atoms with Gasteiger partial charge >= 0.3 is 6.18 Å². The van der Waals surface area contributed by atoms with Crippen molar-refractivity contribution in [3.8, 4) is 11.5 Å². The summed E-state index contributed by atoms with van der Waals surface area (Å²) < 4.78 is 49.6. The quantitative estimate of drug-likeness (QED) is 0.734. The van der Waals surface area contributed by atoms with Crippen molar-refractivity contribution in [3.05, 3.63) is 59.7 Å². The molecule has 28 heavy (non-hydrogen) atoms. The summed E-state index contributed by atoms with van der Waals surface area (Å²) in [5, 5.41) is 0. The predicted molar refractivity (Wildman–Crippen MR) is 98.4 cm³/mol. The highest BCUT2D eigenvalue weighted by Gasteiger charge is 2.32. The van der Waals surface area contributed by atoms with Crippen molar-refractivity contribution in [2.45, 2.75) is 32.0 Å². The Morgan fingerprint density at radius 1 is 1.14 bits per heavy atom. The SMILES string of the molecule is CCc1ccc(OCC(=O)N2CC[C@H](Oc3cccc(C(F)(F)F)c3)C2)cc1. The lowest BCUT2D eigenvalue weighted by molar-refractivity contribution is -0.137. The number of carbonyl (C=O) groups excluding carboxylic acids is 1. The number of benzene rings is 2. The summed E-state index contributed by atoms with van der Waals surface area (Å²) in [7, 11) is 0. The molecule has 2 aromatic carbocycles. The zero-order valence-corrected chi connectivity index (χ0v) is 15.5. The highest BCUT2D eigenvalue weighted by Crippen LogP contribution is 2.32. The molecule has 0 radical (unpaired) electrons. The van der Waals surface area contributed by atoms with Crippen LogP contribution in [-0.2, 0) is 17.4 Å². The van der Waals surface area contributed by atoms with Gasteiger partial charge in [0.05, 0.1) is 12.1 Å². The summed E-state index contributed by atoms with van der Waals surface area (Å²) >= 11 is 0. The number of nitrogens with zero attached hydrogens (tertiary/aromatic N) is 1. The number of hydrogen-bond acceptors (Lipinski definition) is 3. The molecule has 4 nitrogen and oxygen atoms in total. The summed E-state index contributed by atoms with van der Waals surface area (Å²) in [6.45, 7) is 2.79. The standard InChI is InChI=1S/C21H22F3NO3/c1-2-15-6-8-17(9-7-15)27-14-20(26)25-11-10-19(13-25)28-18-5-3-4-16(12-18)21(22,23)24/h3-9,12,19H,2,10-11,13-14H2,1H3/t19-/m0/s1. The van der Waals surface area contributed by atoms with Crippen LogP contribution >= 0.6 is 0 Å². The summed E-state index contributed by atoms with van der Waals surface area (Å²) in [6, 6.07) is 12.3. The second-order valence-corrected chi connectivity index (χ2v) is 6.68. The van der Waals surface area contributed by atoms with Crippen LogP contribution in [0.2, 0.25) is 0 Å². The van der Waals surface area contributed by atoms with Crippen molar-refractivity contribution in [2.24, 2.45) is 0 Å². The Morgan fingerprint density at radius 3 is 2.57 bits per heavy atom. The molecule has 1 heterocycles. The summed E-state index contributed by atoms with van der Waals surface area (Å²) in [5.41, 5.74) is 0.436. The minimum Gasteiger partial charge on any atom is -0.489 e. The maximum Gasteiger partial charge on any atom is 0.416 e. The lowest BCUT2D eigenvalue weighted by Gasteiger charge is -2.18. The van der Waals surface area contributed by atoms with Gasteiger partial charge in [0, 0.05) is 13.0 Å². The average molecular weight is 393 g/mol. The number of aryl methyl sites for hydroxylation is 1. The molecule has 150 valence electrons. The van der Waals surface area contributed by atoms with Gasteiger partial charge in [-0.1, -0.05) is 25.1 Å². The normalized spacial score (nSPS) is 16.9. The molecule has 1 aliphatic rings. The second kappa shape index (κ2) is 8.54. The Bertz CT molecular complexity index is 805. The first-order chi connectivity index (χ1) is 13.3. The Hall–Kier alpha value is -2.70. The van der Waals surface area contributed by atoms with Gasteiger partial charge in [0.15, 0.2) is 6.61 Å². The number of hydrogen-bond donors (Lipinski definition) is 0. The van der Waals surface area contributed by atoms with E-state index in [2.05, 4.69) is 6.92 Å². The summed E-state index contributed by atoms with van der Waals surface area (Å²) in [4.78, 5) is 13.9. The molecule has 1 fully saturated rings. The maximum absolute atomic E-state index is 12.8. The first-order valence-electron chi connectivity index (χ1n) is 9.18. The molecule has 1 saturated heterocycles. The van der Waals surface area contributed by atoms with Crippen LogP contribution in [0.4, 0.5) is 13.2 Å². The fourth-order valence-electron chi connectivity index (χ4n) is 3.05. The molecule has 1 amide bonds. The van der Waals surface area contributed by atoms with Gasteiger partial charge in [-0.05, 0) is 42.3 Å². The molecule has 0 bridgehead atoms. The summed E-state index contributed by atoms with van der Waals surface area (Å²) in [6.07, 6.45) is -3.26. The van der Waals surface area contributed by atoms with E-state index < -0.39 is 11.7 Å². The molecule has 0 saturated carbocycles. The topological polar surface area (TPSA) is 38.8 Å². The van der Waals surface area contributed by atoms with E-state index in [4.69, 9.17) is 9.47 Å². The highest BCUT2D eigenvalue weighted by atomic mass is 19.4. The van der Waals surface area contributed by atoms with Gasteiger partial charge < -0.3 is 14.4 Å². The smallest absolute Gasteiger partial charge is 0.416 e. The fraction of sp³-hybridized carbons (Fsp3) is 0.381. The maximum atomic E-state index is 12.8. The molecule has 1 aliphatic heterocycles. The van der Waals surface area contributed by atoms with Gasteiger partial charge in [0.2, 0.25) is 0 Å². The number of halogens is 3. The first-order valence-corrected chi connectivity index (χ1v) is 9.18. The van der Waals surface area contributed by atoms with E-state index >= 15 is 0 Å². The first kappa shape index (κ1) is 20.0. The van der Waals surface area contributed by atoms with E-state index in [9.17, 15) is 18.0 Å². The monoisotopic (exact) mass is 393 g/mol. The van der Waals surface area contributed by atoms with E-state index in [1.54, 1.807) is 4.90 Å². The molecular weight excluding hydrogens is 371 g/mol. The average Bonchev–Trinajstić information content (AvgIpc) is 3.14. The Labute approximate surface area is 161 Å². The van der Waals surface area contributed by atoms with Crippen molar-refractivity contribution < 1.29 is 27.4 Å². The second-order valence-electron chi connectivity index (χ2n) is 6.68. The highest BCUT2D eigenvalue weighted by molar-refractivity contribution is 5.78. The van der Waals surface area contributed by atoms with Gasteiger partial charge in [0.1, 0.15) is 17.6 Å². The Kier molecular flexibility index (Phi) is 6.11. The molecule has 1 atom stereocenters. The number of carbonyl (C=O) groups is 1.